The standard InChI is InChI=1S/C25H15F5N2O6/c1-12-2-4-15(5-3-12)37-17-9-13(8-14(10-17)32(34)35)31-25(33)18-7-6-16(38-18)11-36-24-22(29)20(27)19(26)21(28)23(24)30/h2-10H,11H2,1H3,(H,31,33). The highest BCUT2D eigenvalue weighted by molar-refractivity contribution is 6.02. The van der Waals surface area contributed by atoms with E-state index in [0.717, 1.165) is 23.8 Å². The van der Waals surface area contributed by atoms with Gasteiger partial charge in [-0.1, -0.05) is 17.7 Å². The van der Waals surface area contributed by atoms with Gasteiger partial charge < -0.3 is 19.2 Å². The molecule has 8 nitrogen and oxygen atoms in total. The number of hydrogen-bond acceptors (Lipinski definition) is 6. The largest absolute Gasteiger partial charge is 0.479 e. The minimum atomic E-state index is -2.34. The number of nitro benzene ring substituents is 1. The fourth-order valence-corrected chi connectivity index (χ4v) is 3.19. The first-order valence-electron chi connectivity index (χ1n) is 10.6. The molecule has 0 fully saturated rings. The Labute approximate surface area is 210 Å². The van der Waals surface area contributed by atoms with Crippen molar-refractivity contribution in [2.24, 2.45) is 0 Å². The van der Waals surface area contributed by atoms with Crippen LogP contribution in [0.2, 0.25) is 0 Å². The number of ether oxygens (including phenoxy) is 2. The highest BCUT2D eigenvalue weighted by Gasteiger charge is 2.27. The predicted octanol–water partition coefficient (Wildman–Crippen LogP) is 6.82. The van der Waals surface area contributed by atoms with Crippen LogP contribution >= 0.6 is 0 Å². The SMILES string of the molecule is Cc1ccc(Oc2cc(NC(=O)c3ccc(COc4c(F)c(F)c(F)c(F)c4F)o3)cc([N+](=O)[O-])c2)cc1. The average Bonchev–Trinajstić information content (AvgIpc) is 3.37. The molecule has 0 saturated carbocycles. The van der Waals surface area contributed by atoms with Gasteiger partial charge in [0.2, 0.25) is 29.1 Å². The Balaban J connectivity index is 1.48. The van der Waals surface area contributed by atoms with E-state index in [0.29, 0.717) is 5.75 Å². The molecule has 4 rings (SSSR count). The van der Waals surface area contributed by atoms with Crippen molar-refractivity contribution in [3.8, 4) is 17.2 Å². The molecule has 0 unspecified atom stereocenters. The molecule has 196 valence electrons. The fraction of sp³-hybridized carbons (Fsp3) is 0.0800. The Morgan fingerprint density at radius 3 is 2.16 bits per heavy atom. The van der Waals surface area contributed by atoms with Gasteiger partial charge in [-0.2, -0.15) is 8.78 Å². The molecule has 0 atom stereocenters. The lowest BCUT2D eigenvalue weighted by Gasteiger charge is -2.09. The number of benzene rings is 3. The van der Waals surface area contributed by atoms with E-state index in [2.05, 4.69) is 10.1 Å². The van der Waals surface area contributed by atoms with Crippen molar-refractivity contribution in [2.75, 3.05) is 5.32 Å². The number of carbonyl (C=O) groups is 1. The Hall–Kier alpha value is -4.94. The van der Waals surface area contributed by atoms with Gasteiger partial charge >= 0.3 is 0 Å². The molecule has 0 aliphatic heterocycles. The molecule has 38 heavy (non-hydrogen) atoms. The lowest BCUT2D eigenvalue weighted by Crippen LogP contribution is -2.11. The lowest BCUT2D eigenvalue weighted by atomic mass is 10.2. The van der Waals surface area contributed by atoms with Gasteiger partial charge in [-0.3, -0.25) is 14.9 Å². The molecule has 1 amide bonds. The van der Waals surface area contributed by atoms with E-state index in [1.54, 1.807) is 24.3 Å². The van der Waals surface area contributed by atoms with E-state index >= 15 is 0 Å². The summed E-state index contributed by atoms with van der Waals surface area (Å²) in [7, 11) is 0. The number of amides is 1. The van der Waals surface area contributed by atoms with Gasteiger partial charge in [0.05, 0.1) is 16.7 Å². The number of non-ortho nitro benzene ring substituents is 1. The van der Waals surface area contributed by atoms with Crippen molar-refractivity contribution in [3.05, 3.63) is 111 Å². The fourth-order valence-electron chi connectivity index (χ4n) is 3.19. The van der Waals surface area contributed by atoms with Crippen LogP contribution in [0.5, 0.6) is 17.2 Å². The zero-order chi connectivity index (χ0) is 27.6. The van der Waals surface area contributed by atoms with Gasteiger partial charge in [0.25, 0.3) is 11.6 Å². The van der Waals surface area contributed by atoms with E-state index in [4.69, 9.17) is 9.15 Å². The molecule has 1 aromatic heterocycles. The first kappa shape index (κ1) is 26.1. The smallest absolute Gasteiger partial charge is 0.291 e. The Bertz CT molecular complexity index is 1510. The summed E-state index contributed by atoms with van der Waals surface area (Å²) in [4.78, 5) is 23.3. The molecule has 0 spiro atoms. The minimum absolute atomic E-state index is 0.0121. The van der Waals surface area contributed by atoms with Crippen molar-refractivity contribution >= 4 is 17.3 Å². The number of nitro groups is 1. The van der Waals surface area contributed by atoms with Crippen molar-refractivity contribution in [1.82, 2.24) is 0 Å². The second-order valence-electron chi connectivity index (χ2n) is 7.80. The van der Waals surface area contributed by atoms with Crippen LogP contribution in [0, 0.1) is 46.1 Å². The molecule has 13 heteroatoms. The zero-order valence-corrected chi connectivity index (χ0v) is 19.2. The Morgan fingerprint density at radius 2 is 1.53 bits per heavy atom. The highest BCUT2D eigenvalue weighted by atomic mass is 19.2. The quantitative estimate of drug-likeness (QED) is 0.0875. The monoisotopic (exact) mass is 534 g/mol. The summed E-state index contributed by atoms with van der Waals surface area (Å²) in [5.74, 6) is -13.5. The Kier molecular flexibility index (Phi) is 7.28. The van der Waals surface area contributed by atoms with Gasteiger partial charge in [-0.15, -0.1) is 0 Å². The van der Waals surface area contributed by atoms with E-state index in [1.807, 2.05) is 6.92 Å². The van der Waals surface area contributed by atoms with Crippen LogP contribution in [-0.4, -0.2) is 10.8 Å². The molecule has 1 N–H and O–H groups in total. The topological polar surface area (TPSA) is 104 Å². The van der Waals surface area contributed by atoms with Crippen molar-refractivity contribution in [2.45, 2.75) is 13.5 Å². The van der Waals surface area contributed by atoms with Crippen molar-refractivity contribution in [1.29, 1.82) is 0 Å². The molecule has 0 aliphatic carbocycles. The van der Waals surface area contributed by atoms with Crippen LogP contribution in [0.25, 0.3) is 0 Å². The lowest BCUT2D eigenvalue weighted by molar-refractivity contribution is -0.384. The predicted molar refractivity (Wildman–Crippen MR) is 122 cm³/mol. The van der Waals surface area contributed by atoms with Gasteiger partial charge in [0.1, 0.15) is 23.9 Å². The third-order valence-corrected chi connectivity index (χ3v) is 5.03. The summed E-state index contributed by atoms with van der Waals surface area (Å²) in [5.41, 5.74) is 0.586. The first-order valence-corrected chi connectivity index (χ1v) is 10.6. The van der Waals surface area contributed by atoms with Gasteiger partial charge in [-0.05, 0) is 31.2 Å². The maximum atomic E-state index is 13.8. The molecule has 4 aromatic rings. The van der Waals surface area contributed by atoms with Crippen LogP contribution < -0.4 is 14.8 Å². The molecule has 1 heterocycles. The number of rotatable bonds is 8. The van der Waals surface area contributed by atoms with E-state index in [9.17, 15) is 36.9 Å². The summed E-state index contributed by atoms with van der Waals surface area (Å²) >= 11 is 0. The van der Waals surface area contributed by atoms with Crippen LogP contribution in [0.4, 0.5) is 33.3 Å². The van der Waals surface area contributed by atoms with E-state index < -0.39 is 52.3 Å². The van der Waals surface area contributed by atoms with Crippen molar-refractivity contribution in [3.63, 3.8) is 0 Å². The molecule has 3 aromatic carbocycles. The highest BCUT2D eigenvalue weighted by Crippen LogP contribution is 2.31. The number of aryl methyl sites for hydroxylation is 1. The maximum Gasteiger partial charge on any atom is 0.291 e. The summed E-state index contributed by atoms with van der Waals surface area (Å²) in [5, 5.41) is 13.7. The summed E-state index contributed by atoms with van der Waals surface area (Å²) in [6.45, 7) is 1.09. The van der Waals surface area contributed by atoms with Gasteiger partial charge in [-0.25, -0.2) is 13.2 Å². The molecule has 0 saturated heterocycles. The van der Waals surface area contributed by atoms with Crippen LogP contribution in [0.3, 0.4) is 0 Å². The van der Waals surface area contributed by atoms with Crippen LogP contribution in [0.1, 0.15) is 21.9 Å². The van der Waals surface area contributed by atoms with Gasteiger partial charge in [0, 0.05) is 12.1 Å². The minimum Gasteiger partial charge on any atom is -0.479 e. The molecular weight excluding hydrogens is 519 g/mol. The average molecular weight is 534 g/mol. The van der Waals surface area contributed by atoms with E-state index in [-0.39, 0.29) is 28.6 Å². The third-order valence-electron chi connectivity index (χ3n) is 5.03. The Morgan fingerprint density at radius 1 is 0.895 bits per heavy atom. The van der Waals surface area contributed by atoms with Crippen LogP contribution in [-0.2, 0) is 6.61 Å². The number of carbonyl (C=O) groups excluding carboxylic acids is 1. The third kappa shape index (κ3) is 5.56. The zero-order valence-electron chi connectivity index (χ0n) is 19.2. The normalized spacial score (nSPS) is 10.8. The molecular formula is C25H15F5N2O6. The second-order valence-corrected chi connectivity index (χ2v) is 7.80. The number of halogens is 5. The molecule has 0 bridgehead atoms. The van der Waals surface area contributed by atoms with Gasteiger partial charge in [0.15, 0.2) is 11.5 Å². The van der Waals surface area contributed by atoms with E-state index in [1.165, 1.54) is 12.1 Å². The summed E-state index contributed by atoms with van der Waals surface area (Å²) in [6.07, 6.45) is 0. The number of nitrogens with one attached hydrogen (secondary N) is 1. The number of hydrogen-bond donors (Lipinski definition) is 1. The van der Waals surface area contributed by atoms with Crippen LogP contribution in [0.15, 0.2) is 59.0 Å². The summed E-state index contributed by atoms with van der Waals surface area (Å²) in [6, 6.07) is 12.8. The van der Waals surface area contributed by atoms with Crippen molar-refractivity contribution < 1.29 is 45.6 Å². The molecule has 0 radical (unpaired) electrons. The number of furan rings is 1. The molecule has 0 aliphatic rings. The summed E-state index contributed by atoms with van der Waals surface area (Å²) < 4.78 is 82.9. The number of nitrogens with zero attached hydrogens (tertiary/aromatic N) is 1. The maximum absolute atomic E-state index is 13.8. The second kappa shape index (κ2) is 10.6. The first-order chi connectivity index (χ1) is 18.0. The number of anilines is 1.